The van der Waals surface area contributed by atoms with Crippen LogP contribution in [0.5, 0.6) is 0 Å². The Morgan fingerprint density at radius 2 is 2.09 bits per heavy atom. The second kappa shape index (κ2) is 2.69. The molecule has 0 N–H and O–H groups in total. The van der Waals surface area contributed by atoms with Gasteiger partial charge in [0, 0.05) is 4.75 Å². The van der Waals surface area contributed by atoms with Gasteiger partial charge in [-0.05, 0) is 24.2 Å². The van der Waals surface area contributed by atoms with Gasteiger partial charge in [-0.1, -0.05) is 34.1 Å². The average Bonchev–Trinajstić information content (AvgIpc) is 1.85. The number of rotatable bonds is 2. The van der Waals surface area contributed by atoms with Crippen LogP contribution in [0.25, 0.3) is 0 Å². The normalized spacial score (nSPS) is 38.5. The van der Waals surface area contributed by atoms with Gasteiger partial charge >= 0.3 is 0 Å². The first-order valence-electron chi connectivity index (χ1n) is 4.62. The Morgan fingerprint density at radius 3 is 2.18 bits per heavy atom. The second-order valence-electron chi connectivity index (χ2n) is 4.79. The van der Waals surface area contributed by atoms with Crippen molar-refractivity contribution < 1.29 is 0 Å². The Hall–Kier alpha value is 0.350. The average molecular weight is 172 g/mol. The zero-order chi connectivity index (χ0) is 8.70. The first-order valence-corrected chi connectivity index (χ1v) is 5.07. The van der Waals surface area contributed by atoms with Gasteiger partial charge in [0.15, 0.2) is 0 Å². The Morgan fingerprint density at radius 1 is 1.55 bits per heavy atom. The van der Waals surface area contributed by atoms with Crippen LogP contribution in [0, 0.1) is 11.3 Å². The van der Waals surface area contributed by atoms with E-state index in [1.807, 2.05) is 0 Å². The van der Waals surface area contributed by atoms with Gasteiger partial charge in [-0.25, -0.2) is 0 Å². The minimum atomic E-state index is 0.319. The van der Waals surface area contributed by atoms with Gasteiger partial charge < -0.3 is 0 Å². The molecule has 0 aromatic carbocycles. The molecule has 1 heteroatoms. The molecule has 0 amide bonds. The van der Waals surface area contributed by atoms with Crippen molar-refractivity contribution in [3.8, 4) is 0 Å². The SMILES string of the molecule is CCC(C)(C)C1CCC1(C)S. The largest absolute Gasteiger partial charge is 0.172 e. The molecule has 0 aliphatic heterocycles. The maximum atomic E-state index is 4.68. The third-order valence-corrected chi connectivity index (χ3v) is 4.08. The predicted octanol–water partition coefficient (Wildman–Crippen LogP) is 3.52. The molecule has 1 fully saturated rings. The van der Waals surface area contributed by atoms with E-state index in [1.54, 1.807) is 0 Å². The van der Waals surface area contributed by atoms with Crippen LogP contribution < -0.4 is 0 Å². The summed E-state index contributed by atoms with van der Waals surface area (Å²) in [5.74, 6) is 0.823. The molecule has 0 spiro atoms. The predicted molar refractivity (Wildman–Crippen MR) is 54.2 cm³/mol. The highest BCUT2D eigenvalue weighted by atomic mass is 32.1. The monoisotopic (exact) mass is 172 g/mol. The molecule has 0 radical (unpaired) electrons. The summed E-state index contributed by atoms with van der Waals surface area (Å²) in [4.78, 5) is 0. The molecular formula is C10H20S. The highest BCUT2D eigenvalue weighted by Gasteiger charge is 2.46. The van der Waals surface area contributed by atoms with Crippen LogP contribution in [0.1, 0.15) is 47.0 Å². The Kier molecular flexibility index (Phi) is 2.31. The molecule has 1 rings (SSSR count). The summed E-state index contributed by atoms with van der Waals surface area (Å²) in [6, 6.07) is 0. The van der Waals surface area contributed by atoms with Crippen LogP contribution in [-0.4, -0.2) is 4.75 Å². The summed E-state index contributed by atoms with van der Waals surface area (Å²) in [7, 11) is 0. The van der Waals surface area contributed by atoms with Crippen molar-refractivity contribution in [1.82, 2.24) is 0 Å². The van der Waals surface area contributed by atoms with Crippen molar-refractivity contribution in [2.24, 2.45) is 11.3 Å². The van der Waals surface area contributed by atoms with Gasteiger partial charge in [0.25, 0.3) is 0 Å². The van der Waals surface area contributed by atoms with Crippen LogP contribution in [0.15, 0.2) is 0 Å². The van der Waals surface area contributed by atoms with Crippen LogP contribution >= 0.6 is 12.6 Å². The van der Waals surface area contributed by atoms with Crippen molar-refractivity contribution in [3.05, 3.63) is 0 Å². The number of hydrogen-bond acceptors (Lipinski definition) is 1. The molecule has 0 nitrogen and oxygen atoms in total. The summed E-state index contributed by atoms with van der Waals surface area (Å²) >= 11 is 4.68. The third kappa shape index (κ3) is 1.58. The van der Waals surface area contributed by atoms with E-state index in [4.69, 9.17) is 0 Å². The topological polar surface area (TPSA) is 0 Å². The molecule has 0 saturated heterocycles. The van der Waals surface area contributed by atoms with Gasteiger partial charge in [-0.3, -0.25) is 0 Å². The number of hydrogen-bond donors (Lipinski definition) is 1. The van der Waals surface area contributed by atoms with E-state index >= 15 is 0 Å². The lowest BCUT2D eigenvalue weighted by atomic mass is 9.60. The minimum absolute atomic E-state index is 0.319. The van der Waals surface area contributed by atoms with Gasteiger partial charge in [0.2, 0.25) is 0 Å². The van der Waals surface area contributed by atoms with E-state index in [0.717, 1.165) is 5.92 Å². The lowest BCUT2D eigenvalue weighted by Gasteiger charge is -2.52. The van der Waals surface area contributed by atoms with Crippen molar-refractivity contribution in [3.63, 3.8) is 0 Å². The third-order valence-electron chi connectivity index (χ3n) is 3.54. The van der Waals surface area contributed by atoms with Crippen LogP contribution in [-0.2, 0) is 0 Å². The maximum Gasteiger partial charge on any atom is 0.0135 e. The van der Waals surface area contributed by atoms with Gasteiger partial charge in [-0.15, -0.1) is 0 Å². The smallest absolute Gasteiger partial charge is 0.0135 e. The Bertz CT molecular complexity index is 147. The summed E-state index contributed by atoms with van der Waals surface area (Å²) in [5, 5.41) is 0. The zero-order valence-corrected chi connectivity index (χ0v) is 9.04. The van der Waals surface area contributed by atoms with E-state index in [9.17, 15) is 0 Å². The van der Waals surface area contributed by atoms with Crippen LogP contribution in [0.3, 0.4) is 0 Å². The molecule has 2 atom stereocenters. The molecule has 11 heavy (non-hydrogen) atoms. The molecule has 1 saturated carbocycles. The van der Waals surface area contributed by atoms with Crippen molar-refractivity contribution in [1.29, 1.82) is 0 Å². The van der Waals surface area contributed by atoms with Crippen LogP contribution in [0.2, 0.25) is 0 Å². The molecule has 1 aliphatic carbocycles. The van der Waals surface area contributed by atoms with Crippen LogP contribution in [0.4, 0.5) is 0 Å². The Labute approximate surface area is 76.2 Å². The minimum Gasteiger partial charge on any atom is -0.172 e. The molecule has 66 valence electrons. The second-order valence-corrected chi connectivity index (χ2v) is 5.81. The van der Waals surface area contributed by atoms with Gasteiger partial charge in [0.1, 0.15) is 0 Å². The zero-order valence-electron chi connectivity index (χ0n) is 8.15. The van der Waals surface area contributed by atoms with Gasteiger partial charge in [-0.2, -0.15) is 12.6 Å². The van der Waals surface area contributed by atoms with Gasteiger partial charge in [0.05, 0.1) is 0 Å². The fraction of sp³-hybridized carbons (Fsp3) is 1.00. The highest BCUT2D eigenvalue weighted by molar-refractivity contribution is 7.81. The molecule has 0 aromatic rings. The molecule has 0 aromatic heterocycles. The molecule has 2 unspecified atom stereocenters. The fourth-order valence-electron chi connectivity index (χ4n) is 2.19. The first-order chi connectivity index (χ1) is 4.90. The first kappa shape index (κ1) is 9.44. The summed E-state index contributed by atoms with van der Waals surface area (Å²) in [5.41, 5.74) is 0.495. The molecular weight excluding hydrogens is 152 g/mol. The van der Waals surface area contributed by atoms with Crippen molar-refractivity contribution in [2.75, 3.05) is 0 Å². The van der Waals surface area contributed by atoms with Crippen molar-refractivity contribution >= 4 is 12.6 Å². The van der Waals surface area contributed by atoms with Crippen molar-refractivity contribution in [2.45, 2.75) is 51.7 Å². The van der Waals surface area contributed by atoms with E-state index in [0.29, 0.717) is 10.2 Å². The lowest BCUT2D eigenvalue weighted by molar-refractivity contribution is 0.0768. The van der Waals surface area contributed by atoms with E-state index < -0.39 is 0 Å². The molecule has 1 aliphatic rings. The number of thiol groups is 1. The standard InChI is InChI=1S/C10H20S/c1-5-9(2,3)8-6-7-10(8,4)11/h8,11H,5-7H2,1-4H3. The van der Waals surface area contributed by atoms with E-state index in [1.165, 1.54) is 19.3 Å². The summed E-state index contributed by atoms with van der Waals surface area (Å²) in [6.45, 7) is 9.29. The fourth-order valence-corrected chi connectivity index (χ4v) is 2.79. The lowest BCUT2D eigenvalue weighted by Crippen LogP contribution is -2.47. The summed E-state index contributed by atoms with van der Waals surface area (Å²) in [6.07, 6.45) is 3.94. The molecule has 0 bridgehead atoms. The maximum absolute atomic E-state index is 4.68. The quantitative estimate of drug-likeness (QED) is 0.605. The highest BCUT2D eigenvalue weighted by Crippen LogP contribution is 2.53. The summed E-state index contributed by atoms with van der Waals surface area (Å²) < 4.78 is 0.319. The molecule has 0 heterocycles. The Balaban J connectivity index is 2.62. The van der Waals surface area contributed by atoms with E-state index in [2.05, 4.69) is 40.3 Å². The van der Waals surface area contributed by atoms with E-state index in [-0.39, 0.29) is 0 Å².